The van der Waals surface area contributed by atoms with Crippen molar-refractivity contribution < 1.29 is 0 Å². The summed E-state index contributed by atoms with van der Waals surface area (Å²) in [6, 6.07) is 4.51. The Bertz CT molecular complexity index is 336. The molecule has 0 fully saturated rings. The number of halogens is 1. The van der Waals surface area contributed by atoms with Crippen LogP contribution in [0.1, 0.15) is 24.1 Å². The zero-order valence-electron chi connectivity index (χ0n) is 7.60. The molecule has 0 aromatic heterocycles. The first-order valence-corrected chi connectivity index (χ1v) is 5.29. The third-order valence-electron chi connectivity index (χ3n) is 2.58. The third-order valence-corrected chi connectivity index (χ3v) is 3.46. The molecule has 0 saturated heterocycles. The molecule has 1 atom stereocenters. The Labute approximate surface area is 86.6 Å². The van der Waals surface area contributed by atoms with Crippen LogP contribution in [0.5, 0.6) is 0 Å². The summed E-state index contributed by atoms with van der Waals surface area (Å²) in [6.45, 7) is 3.23. The number of hydrogen-bond acceptors (Lipinski definition) is 2. The normalized spacial score (nSPS) is 21.2. The van der Waals surface area contributed by atoms with Crippen LogP contribution < -0.4 is 11.1 Å². The minimum absolute atomic E-state index is 0.404. The van der Waals surface area contributed by atoms with E-state index in [1.807, 2.05) is 6.07 Å². The molecule has 1 heterocycles. The second-order valence-corrected chi connectivity index (χ2v) is 4.26. The summed E-state index contributed by atoms with van der Waals surface area (Å²) in [5.74, 6) is 0. The van der Waals surface area contributed by atoms with Crippen molar-refractivity contribution in [2.75, 3.05) is 12.3 Å². The second-order valence-electron chi connectivity index (χ2n) is 3.47. The molecular weight excluding hydrogens is 228 g/mol. The molecule has 13 heavy (non-hydrogen) atoms. The van der Waals surface area contributed by atoms with E-state index in [-0.39, 0.29) is 0 Å². The molecule has 1 aliphatic rings. The van der Waals surface area contributed by atoms with Gasteiger partial charge < -0.3 is 11.1 Å². The number of benzene rings is 1. The van der Waals surface area contributed by atoms with E-state index in [9.17, 15) is 0 Å². The number of nitrogens with one attached hydrogen (secondary N) is 1. The highest BCUT2D eigenvalue weighted by atomic mass is 79.9. The van der Waals surface area contributed by atoms with Gasteiger partial charge >= 0.3 is 0 Å². The van der Waals surface area contributed by atoms with Crippen molar-refractivity contribution in [3.8, 4) is 0 Å². The van der Waals surface area contributed by atoms with E-state index in [1.54, 1.807) is 0 Å². The zero-order chi connectivity index (χ0) is 9.42. The number of nitrogens with two attached hydrogens (primary N) is 1. The van der Waals surface area contributed by atoms with Gasteiger partial charge in [0.2, 0.25) is 0 Å². The second kappa shape index (κ2) is 3.31. The minimum Gasteiger partial charge on any atom is -0.398 e. The first kappa shape index (κ1) is 9.03. The smallest absolute Gasteiger partial charge is 0.0462 e. The van der Waals surface area contributed by atoms with Crippen molar-refractivity contribution in [3.63, 3.8) is 0 Å². The van der Waals surface area contributed by atoms with E-state index in [1.165, 1.54) is 11.1 Å². The highest BCUT2D eigenvalue weighted by molar-refractivity contribution is 9.10. The van der Waals surface area contributed by atoms with Gasteiger partial charge in [0.1, 0.15) is 0 Å². The Kier molecular flexibility index (Phi) is 2.30. The lowest BCUT2D eigenvalue weighted by molar-refractivity contribution is 0.539. The Morgan fingerprint density at radius 3 is 3.08 bits per heavy atom. The standard InChI is InChI=1S/C10H13BrN2/c1-6-9-7(4-5-13-6)2-3-8(12)10(9)11/h2-3,6,13H,4-5,12H2,1H3. The molecule has 0 radical (unpaired) electrons. The summed E-state index contributed by atoms with van der Waals surface area (Å²) in [5, 5.41) is 3.42. The van der Waals surface area contributed by atoms with Gasteiger partial charge in [-0.3, -0.25) is 0 Å². The fourth-order valence-electron chi connectivity index (χ4n) is 1.86. The molecule has 0 saturated carbocycles. The fraction of sp³-hybridized carbons (Fsp3) is 0.400. The van der Waals surface area contributed by atoms with Gasteiger partial charge in [-0.2, -0.15) is 0 Å². The van der Waals surface area contributed by atoms with Gasteiger partial charge in [0.25, 0.3) is 0 Å². The topological polar surface area (TPSA) is 38.0 Å². The third kappa shape index (κ3) is 1.46. The minimum atomic E-state index is 0.404. The lowest BCUT2D eigenvalue weighted by atomic mass is 9.95. The van der Waals surface area contributed by atoms with E-state index >= 15 is 0 Å². The van der Waals surface area contributed by atoms with Crippen LogP contribution in [-0.2, 0) is 6.42 Å². The van der Waals surface area contributed by atoms with Gasteiger partial charge in [-0.25, -0.2) is 0 Å². The molecule has 0 aliphatic carbocycles. The zero-order valence-corrected chi connectivity index (χ0v) is 9.19. The molecule has 1 aromatic carbocycles. The maximum atomic E-state index is 5.83. The van der Waals surface area contributed by atoms with E-state index in [4.69, 9.17) is 5.73 Å². The first-order valence-electron chi connectivity index (χ1n) is 4.50. The molecule has 0 bridgehead atoms. The summed E-state index contributed by atoms with van der Waals surface area (Å²) in [4.78, 5) is 0. The fourth-order valence-corrected chi connectivity index (χ4v) is 2.59. The van der Waals surface area contributed by atoms with Crippen molar-refractivity contribution in [2.45, 2.75) is 19.4 Å². The molecule has 3 N–H and O–H groups in total. The van der Waals surface area contributed by atoms with E-state index < -0.39 is 0 Å². The van der Waals surface area contributed by atoms with Crippen molar-refractivity contribution in [2.24, 2.45) is 0 Å². The molecule has 2 nitrogen and oxygen atoms in total. The van der Waals surface area contributed by atoms with Crippen LogP contribution in [0.3, 0.4) is 0 Å². The molecule has 1 unspecified atom stereocenters. The number of rotatable bonds is 0. The highest BCUT2D eigenvalue weighted by Gasteiger charge is 2.19. The van der Waals surface area contributed by atoms with Crippen LogP contribution in [-0.4, -0.2) is 6.54 Å². The van der Waals surface area contributed by atoms with Gasteiger partial charge in [0.05, 0.1) is 0 Å². The SMILES string of the molecule is CC1NCCc2ccc(N)c(Br)c21. The van der Waals surface area contributed by atoms with Crippen LogP contribution in [0.2, 0.25) is 0 Å². The predicted octanol–water partition coefficient (Wildman–Crippen LogP) is 2.24. The maximum Gasteiger partial charge on any atom is 0.0462 e. The Hall–Kier alpha value is -0.540. The quantitative estimate of drug-likeness (QED) is 0.683. The molecule has 0 spiro atoms. The van der Waals surface area contributed by atoms with Crippen molar-refractivity contribution >= 4 is 21.6 Å². The maximum absolute atomic E-state index is 5.83. The van der Waals surface area contributed by atoms with Crippen molar-refractivity contribution in [1.82, 2.24) is 5.32 Å². The Balaban J connectivity index is 2.58. The predicted molar refractivity (Wildman–Crippen MR) is 58.7 cm³/mol. The molecule has 70 valence electrons. The molecule has 2 rings (SSSR count). The van der Waals surface area contributed by atoms with Crippen molar-refractivity contribution in [3.05, 3.63) is 27.7 Å². The molecule has 3 heteroatoms. The molecule has 1 aliphatic heterocycles. The first-order chi connectivity index (χ1) is 6.20. The highest BCUT2D eigenvalue weighted by Crippen LogP contribution is 2.33. The number of nitrogen functional groups attached to an aromatic ring is 1. The number of hydrogen-bond donors (Lipinski definition) is 2. The van der Waals surface area contributed by atoms with Gasteiger partial charge in [-0.15, -0.1) is 0 Å². The lowest BCUT2D eigenvalue weighted by Crippen LogP contribution is -2.28. The van der Waals surface area contributed by atoms with E-state index in [0.29, 0.717) is 6.04 Å². The Morgan fingerprint density at radius 1 is 1.54 bits per heavy atom. The molecule has 1 aromatic rings. The largest absolute Gasteiger partial charge is 0.398 e. The van der Waals surface area contributed by atoms with Gasteiger partial charge in [0.15, 0.2) is 0 Å². The summed E-state index contributed by atoms with van der Waals surface area (Å²) in [6.07, 6.45) is 1.10. The molecular formula is C10H13BrN2. The van der Waals surface area contributed by atoms with Crippen LogP contribution >= 0.6 is 15.9 Å². The van der Waals surface area contributed by atoms with Crippen LogP contribution in [0.25, 0.3) is 0 Å². The average Bonchev–Trinajstić information content (AvgIpc) is 2.12. The van der Waals surface area contributed by atoms with Gasteiger partial charge in [0, 0.05) is 16.2 Å². The van der Waals surface area contributed by atoms with Crippen molar-refractivity contribution in [1.29, 1.82) is 0 Å². The van der Waals surface area contributed by atoms with Crippen LogP contribution in [0.4, 0.5) is 5.69 Å². The van der Waals surface area contributed by atoms with E-state index in [0.717, 1.165) is 23.1 Å². The summed E-state index contributed by atoms with van der Waals surface area (Å²) in [5.41, 5.74) is 9.39. The Morgan fingerprint density at radius 2 is 2.31 bits per heavy atom. The summed E-state index contributed by atoms with van der Waals surface area (Å²) in [7, 11) is 0. The van der Waals surface area contributed by atoms with Crippen LogP contribution in [0.15, 0.2) is 16.6 Å². The number of fused-ring (bicyclic) bond motifs is 1. The monoisotopic (exact) mass is 240 g/mol. The number of anilines is 1. The van der Waals surface area contributed by atoms with Gasteiger partial charge in [-0.05, 0) is 53.0 Å². The summed E-state index contributed by atoms with van der Waals surface area (Å²) < 4.78 is 1.06. The average molecular weight is 241 g/mol. The van der Waals surface area contributed by atoms with Crippen LogP contribution in [0, 0.1) is 0 Å². The molecule has 0 amide bonds. The lowest BCUT2D eigenvalue weighted by Gasteiger charge is -2.25. The summed E-state index contributed by atoms with van der Waals surface area (Å²) >= 11 is 3.54. The van der Waals surface area contributed by atoms with E-state index in [2.05, 4.69) is 34.2 Å². The van der Waals surface area contributed by atoms with Gasteiger partial charge in [-0.1, -0.05) is 6.07 Å².